The lowest BCUT2D eigenvalue weighted by Crippen LogP contribution is -1.97. The smallest absolute Gasteiger partial charge is 0.135 e. The molecule has 0 saturated carbocycles. The maximum atomic E-state index is 13.1. The molecule has 0 fully saturated rings. The molecule has 1 aromatic heterocycles. The van der Waals surface area contributed by atoms with Gasteiger partial charge in [0.15, 0.2) is 0 Å². The van der Waals surface area contributed by atoms with Gasteiger partial charge in [-0.2, -0.15) is 0 Å². The molecule has 0 spiro atoms. The van der Waals surface area contributed by atoms with Gasteiger partial charge in [0.05, 0.1) is 0 Å². The second-order valence-corrected chi connectivity index (χ2v) is 4.62. The summed E-state index contributed by atoms with van der Waals surface area (Å²) in [4.78, 5) is 3.93. The van der Waals surface area contributed by atoms with E-state index in [0.29, 0.717) is 15.4 Å². The predicted octanol–water partition coefficient (Wildman–Crippen LogP) is 4.22. The molecular formula is C12H8BrClFNO. The monoisotopic (exact) mass is 315 g/mol. The van der Waals surface area contributed by atoms with Gasteiger partial charge in [0.2, 0.25) is 0 Å². The van der Waals surface area contributed by atoms with Crippen molar-refractivity contribution in [3.8, 4) is 5.75 Å². The average molecular weight is 317 g/mol. The largest absolute Gasteiger partial charge is 0.489 e. The van der Waals surface area contributed by atoms with Gasteiger partial charge in [-0.15, -0.1) is 0 Å². The van der Waals surface area contributed by atoms with Crippen LogP contribution in [0.3, 0.4) is 0 Å². The summed E-state index contributed by atoms with van der Waals surface area (Å²) in [6.45, 7) is 0.253. The molecule has 0 amide bonds. The van der Waals surface area contributed by atoms with Crippen LogP contribution in [-0.4, -0.2) is 4.98 Å². The highest BCUT2D eigenvalue weighted by Gasteiger charge is 2.03. The molecule has 0 aliphatic heterocycles. The van der Waals surface area contributed by atoms with Crippen LogP contribution < -0.4 is 4.74 Å². The van der Waals surface area contributed by atoms with Crippen LogP contribution >= 0.6 is 27.5 Å². The van der Waals surface area contributed by atoms with Gasteiger partial charge in [0.1, 0.15) is 23.3 Å². The van der Waals surface area contributed by atoms with Crippen LogP contribution in [0.25, 0.3) is 0 Å². The summed E-state index contributed by atoms with van der Waals surface area (Å²) in [5.74, 6) is 0.0865. The zero-order valence-corrected chi connectivity index (χ0v) is 11.0. The van der Waals surface area contributed by atoms with Gasteiger partial charge < -0.3 is 4.74 Å². The summed E-state index contributed by atoms with van der Waals surface area (Å²) in [7, 11) is 0. The molecule has 2 rings (SSSR count). The number of nitrogens with zero attached hydrogens (tertiary/aromatic N) is 1. The van der Waals surface area contributed by atoms with Crippen LogP contribution in [0.1, 0.15) is 5.56 Å². The highest BCUT2D eigenvalue weighted by molar-refractivity contribution is 9.10. The first-order chi connectivity index (χ1) is 8.15. The van der Waals surface area contributed by atoms with E-state index < -0.39 is 0 Å². The van der Waals surface area contributed by atoms with E-state index in [1.165, 1.54) is 12.1 Å². The Hall–Kier alpha value is -1.13. The lowest BCUT2D eigenvalue weighted by atomic mass is 10.3. The zero-order chi connectivity index (χ0) is 12.3. The molecule has 0 unspecified atom stereocenters. The van der Waals surface area contributed by atoms with E-state index in [1.54, 1.807) is 18.3 Å². The topological polar surface area (TPSA) is 22.1 Å². The fourth-order valence-electron chi connectivity index (χ4n) is 1.30. The van der Waals surface area contributed by atoms with Crippen molar-refractivity contribution in [2.24, 2.45) is 0 Å². The molecule has 0 bridgehead atoms. The minimum Gasteiger partial charge on any atom is -0.489 e. The number of rotatable bonds is 3. The number of hydrogen-bond donors (Lipinski definition) is 0. The van der Waals surface area contributed by atoms with E-state index in [9.17, 15) is 4.39 Å². The first-order valence-corrected chi connectivity index (χ1v) is 6.00. The standard InChI is InChI=1S/C12H8BrClFNO/c13-9-4-10(15)6-11(5-9)17-7-8-2-1-3-16-12(8)14/h1-6H,7H2. The third-order valence-electron chi connectivity index (χ3n) is 2.07. The SMILES string of the molecule is Fc1cc(Br)cc(OCc2cccnc2Cl)c1. The van der Waals surface area contributed by atoms with Gasteiger partial charge in [-0.3, -0.25) is 0 Å². The van der Waals surface area contributed by atoms with Crippen molar-refractivity contribution in [3.05, 3.63) is 57.5 Å². The van der Waals surface area contributed by atoms with Gasteiger partial charge >= 0.3 is 0 Å². The Morgan fingerprint density at radius 2 is 2.18 bits per heavy atom. The van der Waals surface area contributed by atoms with Crippen molar-refractivity contribution in [1.29, 1.82) is 0 Å². The predicted molar refractivity (Wildman–Crippen MR) is 67.7 cm³/mol. The minimum atomic E-state index is -0.355. The summed E-state index contributed by atoms with van der Waals surface area (Å²) in [5.41, 5.74) is 0.759. The fourth-order valence-corrected chi connectivity index (χ4v) is 1.92. The van der Waals surface area contributed by atoms with Crippen molar-refractivity contribution in [2.75, 3.05) is 0 Å². The fraction of sp³-hybridized carbons (Fsp3) is 0.0833. The third-order valence-corrected chi connectivity index (χ3v) is 2.86. The molecule has 1 aromatic carbocycles. The number of ether oxygens (including phenoxy) is 1. The zero-order valence-electron chi connectivity index (χ0n) is 8.66. The maximum absolute atomic E-state index is 13.1. The lowest BCUT2D eigenvalue weighted by Gasteiger charge is -2.07. The molecule has 0 aliphatic carbocycles. The molecule has 17 heavy (non-hydrogen) atoms. The highest BCUT2D eigenvalue weighted by atomic mass is 79.9. The van der Waals surface area contributed by atoms with Crippen LogP contribution in [0.4, 0.5) is 4.39 Å². The van der Waals surface area contributed by atoms with Gasteiger partial charge in [0, 0.05) is 22.3 Å². The van der Waals surface area contributed by atoms with Crippen molar-refractivity contribution in [1.82, 2.24) is 4.98 Å². The molecular weight excluding hydrogens is 308 g/mol. The van der Waals surface area contributed by atoms with Crippen molar-refractivity contribution in [2.45, 2.75) is 6.61 Å². The quantitative estimate of drug-likeness (QED) is 0.791. The van der Waals surface area contributed by atoms with E-state index in [4.69, 9.17) is 16.3 Å². The summed E-state index contributed by atoms with van der Waals surface area (Å²) in [6.07, 6.45) is 1.60. The van der Waals surface area contributed by atoms with Crippen molar-refractivity contribution >= 4 is 27.5 Å². The molecule has 5 heteroatoms. The lowest BCUT2D eigenvalue weighted by molar-refractivity contribution is 0.304. The van der Waals surface area contributed by atoms with Gasteiger partial charge in [-0.25, -0.2) is 9.37 Å². The minimum absolute atomic E-state index is 0.253. The van der Waals surface area contributed by atoms with Gasteiger partial charge in [-0.05, 0) is 18.2 Å². The van der Waals surface area contributed by atoms with E-state index in [1.807, 2.05) is 6.07 Å². The Labute approximate surface area is 112 Å². The number of pyridine rings is 1. The van der Waals surface area contributed by atoms with Crippen LogP contribution in [0.15, 0.2) is 41.0 Å². The van der Waals surface area contributed by atoms with E-state index >= 15 is 0 Å². The van der Waals surface area contributed by atoms with Crippen molar-refractivity contribution in [3.63, 3.8) is 0 Å². The Balaban J connectivity index is 2.10. The second-order valence-electron chi connectivity index (χ2n) is 3.35. The van der Waals surface area contributed by atoms with Crippen LogP contribution in [-0.2, 0) is 6.61 Å². The maximum Gasteiger partial charge on any atom is 0.135 e. The molecule has 0 radical (unpaired) electrons. The Bertz CT molecular complexity index is 515. The first-order valence-electron chi connectivity index (χ1n) is 4.83. The van der Waals surface area contributed by atoms with Gasteiger partial charge in [-0.1, -0.05) is 33.6 Å². The highest BCUT2D eigenvalue weighted by Crippen LogP contribution is 2.22. The number of hydrogen-bond acceptors (Lipinski definition) is 2. The van der Waals surface area contributed by atoms with Crippen LogP contribution in [0.5, 0.6) is 5.75 Å². The molecule has 0 N–H and O–H groups in total. The summed E-state index contributed by atoms with van der Waals surface area (Å²) in [5, 5.41) is 0.392. The molecule has 0 atom stereocenters. The molecule has 0 aliphatic rings. The Kier molecular flexibility index (Phi) is 3.97. The normalized spacial score (nSPS) is 10.3. The average Bonchev–Trinajstić information content (AvgIpc) is 2.27. The van der Waals surface area contributed by atoms with E-state index in [-0.39, 0.29) is 12.4 Å². The van der Waals surface area contributed by atoms with E-state index in [2.05, 4.69) is 20.9 Å². The molecule has 2 aromatic rings. The van der Waals surface area contributed by atoms with Crippen molar-refractivity contribution < 1.29 is 9.13 Å². The Morgan fingerprint density at radius 1 is 1.35 bits per heavy atom. The number of aromatic nitrogens is 1. The van der Waals surface area contributed by atoms with E-state index in [0.717, 1.165) is 5.56 Å². The van der Waals surface area contributed by atoms with Crippen LogP contribution in [0.2, 0.25) is 5.15 Å². The molecule has 2 nitrogen and oxygen atoms in total. The third kappa shape index (κ3) is 3.41. The summed E-state index contributed by atoms with van der Waals surface area (Å²) >= 11 is 9.07. The number of halogens is 3. The number of benzene rings is 1. The van der Waals surface area contributed by atoms with Crippen LogP contribution in [0, 0.1) is 5.82 Å². The summed E-state index contributed by atoms with van der Waals surface area (Å²) < 4.78 is 19.2. The second kappa shape index (κ2) is 5.47. The molecule has 1 heterocycles. The summed E-state index contributed by atoms with van der Waals surface area (Å²) in [6, 6.07) is 7.95. The molecule has 88 valence electrons. The van der Waals surface area contributed by atoms with Gasteiger partial charge in [0.25, 0.3) is 0 Å². The first kappa shape index (κ1) is 12.3. The molecule has 0 saturated heterocycles. The Morgan fingerprint density at radius 3 is 2.88 bits per heavy atom.